The van der Waals surface area contributed by atoms with Gasteiger partial charge in [0.25, 0.3) is 0 Å². The molecule has 142 valence electrons. The molecule has 2 aromatic carbocycles. The minimum Gasteiger partial charge on any atom is -0.378 e. The molecule has 2 aliphatic heterocycles. The summed E-state index contributed by atoms with van der Waals surface area (Å²) in [5.41, 5.74) is 5.21. The zero-order chi connectivity index (χ0) is 19.0. The average molecular weight is 382 g/mol. The fourth-order valence-electron chi connectivity index (χ4n) is 3.93. The van der Waals surface area contributed by atoms with Crippen LogP contribution in [0, 0.1) is 0 Å². The van der Waals surface area contributed by atoms with E-state index in [9.17, 15) is 0 Å². The maximum Gasteiger partial charge on any atom is 0.309 e. The lowest BCUT2D eigenvalue weighted by Crippen LogP contribution is -2.31. The Morgan fingerprint density at radius 3 is 1.81 bits per heavy atom. The summed E-state index contributed by atoms with van der Waals surface area (Å²) in [5.74, 6) is 1.21. The minimum absolute atomic E-state index is 0.267. The van der Waals surface area contributed by atoms with E-state index in [1.165, 1.54) is 40.0 Å². The molecule has 4 rings (SSSR count). The van der Waals surface area contributed by atoms with Crippen LogP contribution in [0.15, 0.2) is 48.5 Å². The van der Waals surface area contributed by atoms with Gasteiger partial charge < -0.3 is 9.80 Å². The van der Waals surface area contributed by atoms with E-state index in [0.29, 0.717) is 0 Å². The number of nitrogens with zero attached hydrogens (tertiary/aromatic N) is 4. The number of benzene rings is 2. The molecule has 0 aromatic heterocycles. The highest BCUT2D eigenvalue weighted by atomic mass is 32.2. The third-order valence-corrected chi connectivity index (χ3v) is 6.62. The van der Waals surface area contributed by atoms with Crippen molar-refractivity contribution in [3.05, 3.63) is 59.7 Å². The second kappa shape index (κ2) is 7.47. The molecule has 2 aliphatic rings. The van der Waals surface area contributed by atoms with E-state index >= 15 is 0 Å². The fraction of sp³-hybridized carbons (Fsp3) is 0.409. The highest BCUT2D eigenvalue weighted by Crippen LogP contribution is 2.35. The van der Waals surface area contributed by atoms with Crippen LogP contribution in [0.5, 0.6) is 0 Å². The zero-order valence-electron chi connectivity index (χ0n) is 16.7. The van der Waals surface area contributed by atoms with Crippen molar-refractivity contribution in [2.24, 2.45) is 0 Å². The molecule has 0 saturated heterocycles. The predicted molar refractivity (Wildman–Crippen MR) is 118 cm³/mol. The molecule has 2 aromatic rings. The summed E-state index contributed by atoms with van der Waals surface area (Å²) < 4.78 is 2.54. The van der Waals surface area contributed by atoms with E-state index in [1.807, 2.05) is 11.8 Å². The lowest BCUT2D eigenvalue weighted by atomic mass is 9.96. The number of hydrogen-bond acceptors (Lipinski definition) is 4. The largest absolute Gasteiger partial charge is 0.378 e. The van der Waals surface area contributed by atoms with Gasteiger partial charge in [-0.15, -0.1) is 0 Å². The van der Waals surface area contributed by atoms with Crippen molar-refractivity contribution in [3.8, 4) is 0 Å². The van der Waals surface area contributed by atoms with Crippen LogP contribution >= 0.6 is 11.8 Å². The molecule has 4 nitrogen and oxygen atoms in total. The van der Waals surface area contributed by atoms with E-state index in [1.54, 1.807) is 0 Å². The van der Waals surface area contributed by atoms with Crippen molar-refractivity contribution in [1.82, 2.24) is 4.90 Å². The van der Waals surface area contributed by atoms with Gasteiger partial charge in [0.2, 0.25) is 0 Å². The van der Waals surface area contributed by atoms with Crippen LogP contribution in [0.2, 0.25) is 0 Å². The first-order chi connectivity index (χ1) is 13.0. The van der Waals surface area contributed by atoms with Gasteiger partial charge in [0.15, 0.2) is 0 Å². The van der Waals surface area contributed by atoms with Crippen LogP contribution in [0.4, 0.5) is 11.4 Å². The van der Waals surface area contributed by atoms with E-state index < -0.39 is 0 Å². The molecule has 0 aliphatic carbocycles. The van der Waals surface area contributed by atoms with Crippen LogP contribution in [-0.2, 0) is 0 Å². The standard InChI is InChI=1S/C22H29N4S/c1-23(2)19-9-5-17(6-10-19)21(18-7-11-20(12-8-18)24(3)4)26-14-13-25-15-16-27-22(25)26/h5-12,21H,13-16H2,1-4H3/q+1. The number of amidine groups is 1. The topological polar surface area (TPSA) is 12.7 Å². The zero-order valence-corrected chi connectivity index (χ0v) is 17.5. The Bertz CT molecular complexity index is 773. The van der Waals surface area contributed by atoms with Gasteiger partial charge in [-0.2, -0.15) is 0 Å². The molecule has 0 atom stereocenters. The minimum atomic E-state index is 0.267. The Labute approximate surface area is 167 Å². The molecule has 0 spiro atoms. The molecule has 2 heterocycles. The molecule has 27 heavy (non-hydrogen) atoms. The Hall–Kier alpha value is -2.14. The molecule has 0 bridgehead atoms. The second-order valence-electron chi connectivity index (χ2n) is 7.69. The van der Waals surface area contributed by atoms with Crippen LogP contribution in [0.3, 0.4) is 0 Å². The molecule has 5 heteroatoms. The Balaban J connectivity index is 1.73. The third kappa shape index (κ3) is 3.53. The number of hydrogen-bond donors (Lipinski definition) is 0. The fourth-order valence-corrected chi connectivity index (χ4v) is 5.15. The SMILES string of the molecule is CN(C)c1ccc(C(c2ccc(N(C)C)cc2)N2CC[N+]3=C2SCC3)cc1. The van der Waals surface area contributed by atoms with Gasteiger partial charge in [0.05, 0.1) is 6.54 Å². The van der Waals surface area contributed by atoms with Crippen molar-refractivity contribution < 1.29 is 4.58 Å². The lowest BCUT2D eigenvalue weighted by molar-refractivity contribution is -0.507. The summed E-state index contributed by atoms with van der Waals surface area (Å²) in [7, 11) is 8.37. The summed E-state index contributed by atoms with van der Waals surface area (Å²) in [5, 5.41) is 1.45. The van der Waals surface area contributed by atoms with Crippen molar-refractivity contribution in [2.45, 2.75) is 6.04 Å². The van der Waals surface area contributed by atoms with Gasteiger partial charge >= 0.3 is 5.17 Å². The normalized spacial score (nSPS) is 16.3. The first kappa shape index (κ1) is 18.2. The maximum atomic E-state index is 2.60. The van der Waals surface area contributed by atoms with Crippen molar-refractivity contribution in [1.29, 1.82) is 0 Å². The highest BCUT2D eigenvalue weighted by Gasteiger charge is 2.41. The summed E-state index contributed by atoms with van der Waals surface area (Å²) in [4.78, 5) is 6.92. The predicted octanol–water partition coefficient (Wildman–Crippen LogP) is 3.34. The van der Waals surface area contributed by atoms with Crippen LogP contribution in [0.1, 0.15) is 17.2 Å². The molecular formula is C22H29N4S+. The maximum absolute atomic E-state index is 2.60. The van der Waals surface area contributed by atoms with Gasteiger partial charge in [0.1, 0.15) is 19.1 Å². The quantitative estimate of drug-likeness (QED) is 0.736. The Kier molecular flexibility index (Phi) is 5.04. The summed E-state index contributed by atoms with van der Waals surface area (Å²) in [6.07, 6.45) is 0. The van der Waals surface area contributed by atoms with E-state index in [-0.39, 0.29) is 6.04 Å². The third-order valence-electron chi connectivity index (χ3n) is 5.48. The molecule has 0 unspecified atom stereocenters. The van der Waals surface area contributed by atoms with Crippen molar-refractivity contribution in [3.63, 3.8) is 0 Å². The summed E-state index contributed by atoms with van der Waals surface area (Å²) >= 11 is 2.01. The molecule has 0 radical (unpaired) electrons. The van der Waals surface area contributed by atoms with E-state index in [4.69, 9.17) is 0 Å². The highest BCUT2D eigenvalue weighted by molar-refractivity contribution is 8.13. The van der Waals surface area contributed by atoms with Crippen molar-refractivity contribution >= 4 is 28.3 Å². The first-order valence-corrected chi connectivity index (χ1v) is 10.6. The molecule has 0 N–H and O–H groups in total. The molecule has 0 saturated carbocycles. The van der Waals surface area contributed by atoms with E-state index in [0.717, 1.165) is 13.1 Å². The number of thioether (sulfide) groups is 1. The van der Waals surface area contributed by atoms with Crippen LogP contribution in [-0.4, -0.2) is 68.2 Å². The average Bonchev–Trinajstić information content (AvgIpc) is 3.28. The van der Waals surface area contributed by atoms with Crippen LogP contribution < -0.4 is 9.80 Å². The number of rotatable bonds is 5. The van der Waals surface area contributed by atoms with Gasteiger partial charge in [-0.1, -0.05) is 24.3 Å². The Morgan fingerprint density at radius 1 is 0.815 bits per heavy atom. The van der Waals surface area contributed by atoms with E-state index in [2.05, 4.69) is 96.0 Å². The molecule has 0 amide bonds. The monoisotopic (exact) mass is 381 g/mol. The lowest BCUT2D eigenvalue weighted by Gasteiger charge is -2.25. The smallest absolute Gasteiger partial charge is 0.309 e. The first-order valence-electron chi connectivity index (χ1n) is 9.60. The second-order valence-corrected chi connectivity index (χ2v) is 8.75. The number of anilines is 2. The van der Waals surface area contributed by atoms with Crippen LogP contribution in [0.25, 0.3) is 0 Å². The summed E-state index contributed by atoms with van der Waals surface area (Å²) in [6, 6.07) is 18.4. The molecular weight excluding hydrogens is 352 g/mol. The van der Waals surface area contributed by atoms with Gasteiger partial charge in [-0.05, 0) is 36.0 Å². The van der Waals surface area contributed by atoms with Gasteiger partial charge in [-0.3, -0.25) is 4.58 Å². The molecule has 0 fully saturated rings. The Morgan fingerprint density at radius 2 is 1.33 bits per heavy atom. The van der Waals surface area contributed by atoms with Gasteiger partial charge in [-0.25, -0.2) is 4.90 Å². The van der Waals surface area contributed by atoms with Crippen molar-refractivity contribution in [2.75, 3.05) is 63.4 Å². The summed E-state index contributed by atoms with van der Waals surface area (Å²) in [6.45, 7) is 3.42. The van der Waals surface area contributed by atoms with Gasteiger partial charge in [0, 0.05) is 56.4 Å².